The lowest BCUT2D eigenvalue weighted by Crippen LogP contribution is -2.30. The average Bonchev–Trinajstić information content (AvgIpc) is 2.28. The van der Waals surface area contributed by atoms with Crippen LogP contribution in [0.25, 0.3) is 0 Å². The molecule has 0 aliphatic heterocycles. The second-order valence-corrected chi connectivity index (χ2v) is 5.65. The van der Waals surface area contributed by atoms with Crippen LogP contribution in [0.3, 0.4) is 0 Å². The number of nitrogens with one attached hydrogen (secondary N) is 1. The van der Waals surface area contributed by atoms with Gasteiger partial charge in [-0.15, -0.1) is 0 Å². The molecule has 102 valence electrons. The van der Waals surface area contributed by atoms with Gasteiger partial charge in [0.1, 0.15) is 5.82 Å². The molecular weight excluding hydrogens is 293 g/mol. The Kier molecular flexibility index (Phi) is 7.52. The first-order valence-electron chi connectivity index (χ1n) is 6.84. The largest absolute Gasteiger partial charge is 0.314 e. The van der Waals surface area contributed by atoms with Crippen molar-refractivity contribution >= 4 is 15.9 Å². The molecule has 0 saturated carbocycles. The van der Waals surface area contributed by atoms with E-state index in [1.54, 1.807) is 6.07 Å². The van der Waals surface area contributed by atoms with E-state index < -0.39 is 0 Å². The maximum atomic E-state index is 13.3. The van der Waals surface area contributed by atoms with Crippen molar-refractivity contribution in [2.45, 2.75) is 52.0 Å². The SMILES string of the molecule is CCCCCC(Cc1cc(F)cc(Br)c1)NCC. The summed E-state index contributed by atoms with van der Waals surface area (Å²) in [5, 5.41) is 3.49. The Hall–Kier alpha value is -0.410. The van der Waals surface area contributed by atoms with Crippen LogP contribution in [0.2, 0.25) is 0 Å². The topological polar surface area (TPSA) is 12.0 Å². The molecule has 0 amide bonds. The summed E-state index contributed by atoms with van der Waals surface area (Å²) in [6.07, 6.45) is 5.81. The van der Waals surface area contributed by atoms with Gasteiger partial charge in [-0.1, -0.05) is 49.0 Å². The third kappa shape index (κ3) is 5.96. The molecule has 1 unspecified atom stereocenters. The van der Waals surface area contributed by atoms with Gasteiger partial charge >= 0.3 is 0 Å². The first-order valence-corrected chi connectivity index (χ1v) is 7.63. The molecule has 1 rings (SSSR count). The summed E-state index contributed by atoms with van der Waals surface area (Å²) < 4.78 is 14.1. The van der Waals surface area contributed by atoms with Gasteiger partial charge in [-0.05, 0) is 43.1 Å². The van der Waals surface area contributed by atoms with Crippen molar-refractivity contribution in [1.82, 2.24) is 5.32 Å². The molecule has 3 heteroatoms. The predicted octanol–water partition coefficient (Wildman–Crippen LogP) is 4.69. The smallest absolute Gasteiger partial charge is 0.124 e. The molecule has 1 aromatic rings. The minimum Gasteiger partial charge on any atom is -0.314 e. The maximum Gasteiger partial charge on any atom is 0.124 e. The van der Waals surface area contributed by atoms with Crippen molar-refractivity contribution in [1.29, 1.82) is 0 Å². The van der Waals surface area contributed by atoms with E-state index in [9.17, 15) is 4.39 Å². The number of halogens is 2. The van der Waals surface area contributed by atoms with Gasteiger partial charge in [0.05, 0.1) is 0 Å². The zero-order chi connectivity index (χ0) is 13.4. The van der Waals surface area contributed by atoms with Gasteiger partial charge in [0, 0.05) is 10.5 Å². The normalized spacial score (nSPS) is 12.7. The predicted molar refractivity (Wildman–Crippen MR) is 79.4 cm³/mol. The van der Waals surface area contributed by atoms with E-state index in [1.165, 1.54) is 25.3 Å². The minimum atomic E-state index is -0.164. The fraction of sp³-hybridized carbons (Fsp3) is 0.600. The first kappa shape index (κ1) is 15.6. The van der Waals surface area contributed by atoms with Crippen molar-refractivity contribution in [3.63, 3.8) is 0 Å². The molecule has 1 nitrogen and oxygen atoms in total. The summed E-state index contributed by atoms with van der Waals surface area (Å²) in [6, 6.07) is 5.60. The van der Waals surface area contributed by atoms with E-state index in [1.807, 2.05) is 6.07 Å². The van der Waals surface area contributed by atoms with Crippen LogP contribution in [0.15, 0.2) is 22.7 Å². The number of hydrogen-bond acceptors (Lipinski definition) is 1. The van der Waals surface area contributed by atoms with Crippen molar-refractivity contribution in [2.75, 3.05) is 6.54 Å². The molecule has 0 heterocycles. The summed E-state index contributed by atoms with van der Waals surface area (Å²) in [5.74, 6) is -0.164. The minimum absolute atomic E-state index is 0.164. The summed E-state index contributed by atoms with van der Waals surface area (Å²) >= 11 is 3.35. The lowest BCUT2D eigenvalue weighted by atomic mass is 10.0. The van der Waals surface area contributed by atoms with Crippen LogP contribution >= 0.6 is 15.9 Å². The van der Waals surface area contributed by atoms with Crippen molar-refractivity contribution in [3.05, 3.63) is 34.1 Å². The Balaban J connectivity index is 2.58. The lowest BCUT2D eigenvalue weighted by Gasteiger charge is -2.18. The van der Waals surface area contributed by atoms with E-state index in [-0.39, 0.29) is 5.82 Å². The van der Waals surface area contributed by atoms with Crippen LogP contribution < -0.4 is 5.32 Å². The summed E-state index contributed by atoms with van der Waals surface area (Å²) in [4.78, 5) is 0. The van der Waals surface area contributed by atoms with Gasteiger partial charge in [-0.2, -0.15) is 0 Å². The highest BCUT2D eigenvalue weighted by Crippen LogP contribution is 2.17. The Morgan fingerprint density at radius 2 is 2.00 bits per heavy atom. The molecule has 1 atom stereocenters. The Morgan fingerprint density at radius 3 is 2.61 bits per heavy atom. The second kappa shape index (κ2) is 8.65. The summed E-state index contributed by atoms with van der Waals surface area (Å²) in [5.41, 5.74) is 1.06. The highest BCUT2D eigenvalue weighted by Gasteiger charge is 2.09. The molecule has 0 saturated heterocycles. The van der Waals surface area contributed by atoms with Gasteiger partial charge < -0.3 is 5.32 Å². The van der Waals surface area contributed by atoms with E-state index >= 15 is 0 Å². The first-order chi connectivity index (χ1) is 8.65. The van der Waals surface area contributed by atoms with Gasteiger partial charge in [-0.3, -0.25) is 0 Å². The molecular formula is C15H23BrFN. The van der Waals surface area contributed by atoms with E-state index in [4.69, 9.17) is 0 Å². The Morgan fingerprint density at radius 1 is 1.22 bits per heavy atom. The van der Waals surface area contributed by atoms with Crippen LogP contribution in [-0.2, 0) is 6.42 Å². The number of likely N-dealkylation sites (N-methyl/N-ethyl adjacent to an activating group) is 1. The average molecular weight is 316 g/mol. The van der Waals surface area contributed by atoms with Crippen molar-refractivity contribution < 1.29 is 4.39 Å². The van der Waals surface area contributed by atoms with Crippen molar-refractivity contribution in [3.8, 4) is 0 Å². The molecule has 0 fully saturated rings. The van der Waals surface area contributed by atoms with E-state index in [0.717, 1.165) is 29.4 Å². The molecule has 18 heavy (non-hydrogen) atoms. The summed E-state index contributed by atoms with van der Waals surface area (Å²) in [7, 11) is 0. The number of unbranched alkanes of at least 4 members (excludes halogenated alkanes) is 2. The van der Waals surface area contributed by atoms with Gasteiger partial charge in [0.15, 0.2) is 0 Å². The van der Waals surface area contributed by atoms with E-state index in [2.05, 4.69) is 35.1 Å². The quantitative estimate of drug-likeness (QED) is 0.686. The molecule has 0 radical (unpaired) electrons. The molecule has 0 spiro atoms. The van der Waals surface area contributed by atoms with Gasteiger partial charge in [0.2, 0.25) is 0 Å². The fourth-order valence-electron chi connectivity index (χ4n) is 2.22. The lowest BCUT2D eigenvalue weighted by molar-refractivity contribution is 0.466. The van der Waals surface area contributed by atoms with Crippen LogP contribution in [-0.4, -0.2) is 12.6 Å². The van der Waals surface area contributed by atoms with Crippen LogP contribution in [0.1, 0.15) is 45.1 Å². The molecule has 1 N–H and O–H groups in total. The molecule has 1 aromatic carbocycles. The van der Waals surface area contributed by atoms with E-state index in [0.29, 0.717) is 6.04 Å². The van der Waals surface area contributed by atoms with Crippen LogP contribution in [0, 0.1) is 5.82 Å². The van der Waals surface area contributed by atoms with Gasteiger partial charge in [0.25, 0.3) is 0 Å². The molecule has 0 bridgehead atoms. The highest BCUT2D eigenvalue weighted by atomic mass is 79.9. The standard InChI is InChI=1S/C15H23BrFN/c1-3-5-6-7-15(18-4-2)10-12-8-13(16)11-14(17)9-12/h8-9,11,15,18H,3-7,10H2,1-2H3. The zero-order valence-electron chi connectivity index (χ0n) is 11.3. The van der Waals surface area contributed by atoms with Crippen LogP contribution in [0.5, 0.6) is 0 Å². The number of rotatable bonds is 8. The fourth-order valence-corrected chi connectivity index (χ4v) is 2.73. The Bertz CT molecular complexity index is 334. The van der Waals surface area contributed by atoms with Gasteiger partial charge in [-0.25, -0.2) is 4.39 Å². The number of benzene rings is 1. The highest BCUT2D eigenvalue weighted by molar-refractivity contribution is 9.10. The van der Waals surface area contributed by atoms with Crippen molar-refractivity contribution in [2.24, 2.45) is 0 Å². The maximum absolute atomic E-state index is 13.3. The Labute approximate surface area is 118 Å². The third-order valence-electron chi connectivity index (χ3n) is 3.05. The summed E-state index contributed by atoms with van der Waals surface area (Å²) in [6.45, 7) is 5.30. The molecule has 0 aliphatic rings. The molecule has 0 aliphatic carbocycles. The number of hydrogen-bond donors (Lipinski definition) is 1. The second-order valence-electron chi connectivity index (χ2n) is 4.73. The van der Waals surface area contributed by atoms with Crippen LogP contribution in [0.4, 0.5) is 4.39 Å². The molecule has 0 aromatic heterocycles. The zero-order valence-corrected chi connectivity index (χ0v) is 12.9. The monoisotopic (exact) mass is 315 g/mol. The third-order valence-corrected chi connectivity index (χ3v) is 3.51.